The van der Waals surface area contributed by atoms with Crippen molar-refractivity contribution in [2.24, 2.45) is 0 Å². The summed E-state index contributed by atoms with van der Waals surface area (Å²) in [5.74, 6) is -0.201. The summed E-state index contributed by atoms with van der Waals surface area (Å²) < 4.78 is 25.3. The van der Waals surface area contributed by atoms with Crippen LogP contribution in [0.25, 0.3) is 0 Å². The second kappa shape index (κ2) is 6.34. The molecule has 1 amide bonds. The largest absolute Gasteiger partial charge is 0.322 e. The summed E-state index contributed by atoms with van der Waals surface area (Å²) in [7, 11) is -3.28. The van der Waals surface area contributed by atoms with Gasteiger partial charge in [-0.15, -0.1) is 0 Å². The number of anilines is 2. The molecule has 7 heteroatoms. The predicted molar refractivity (Wildman–Crippen MR) is 91.3 cm³/mol. The monoisotopic (exact) mass is 341 g/mol. The first kappa shape index (κ1) is 16.0. The zero-order valence-corrected chi connectivity index (χ0v) is 13.6. The lowest BCUT2D eigenvalue weighted by molar-refractivity contribution is 0.102. The third kappa shape index (κ3) is 3.24. The van der Waals surface area contributed by atoms with Crippen LogP contribution in [0, 0.1) is 11.3 Å². The SMILES string of the molecule is N#Cc1ccc(NC(=O)c2cccc(N3CCCS3(=O)=O)c2)cc1. The van der Waals surface area contributed by atoms with Gasteiger partial charge in [-0.05, 0) is 48.9 Å². The normalized spacial score (nSPS) is 15.7. The lowest BCUT2D eigenvalue weighted by Crippen LogP contribution is -2.25. The molecule has 1 saturated heterocycles. The second-order valence-electron chi connectivity index (χ2n) is 5.44. The molecular weight excluding hydrogens is 326 g/mol. The Kier molecular flexibility index (Phi) is 4.23. The van der Waals surface area contributed by atoms with Crippen LogP contribution >= 0.6 is 0 Å². The molecule has 0 saturated carbocycles. The summed E-state index contributed by atoms with van der Waals surface area (Å²) in [6, 6.07) is 15.1. The number of rotatable bonds is 3. The summed E-state index contributed by atoms with van der Waals surface area (Å²) in [5.41, 5.74) is 1.95. The topological polar surface area (TPSA) is 90.3 Å². The Labute approximate surface area is 140 Å². The minimum absolute atomic E-state index is 0.134. The third-order valence-corrected chi connectivity index (χ3v) is 5.64. The Morgan fingerprint density at radius 3 is 2.54 bits per heavy atom. The molecule has 0 bridgehead atoms. The van der Waals surface area contributed by atoms with E-state index < -0.39 is 10.0 Å². The first-order valence-corrected chi connectivity index (χ1v) is 9.02. The minimum atomic E-state index is -3.28. The highest BCUT2D eigenvalue weighted by Gasteiger charge is 2.28. The molecule has 1 aliphatic rings. The predicted octanol–water partition coefficient (Wildman–Crippen LogP) is 2.35. The molecule has 0 aliphatic carbocycles. The van der Waals surface area contributed by atoms with Gasteiger partial charge in [0.15, 0.2) is 0 Å². The Morgan fingerprint density at radius 1 is 1.17 bits per heavy atom. The maximum atomic E-state index is 12.4. The van der Waals surface area contributed by atoms with Crippen molar-refractivity contribution in [3.05, 3.63) is 59.7 Å². The van der Waals surface area contributed by atoms with Crippen LogP contribution in [-0.2, 0) is 10.0 Å². The summed E-state index contributed by atoms with van der Waals surface area (Å²) in [6.07, 6.45) is 0.587. The fourth-order valence-electron chi connectivity index (χ4n) is 2.56. The maximum Gasteiger partial charge on any atom is 0.255 e. The summed E-state index contributed by atoms with van der Waals surface area (Å²) >= 11 is 0. The zero-order valence-electron chi connectivity index (χ0n) is 12.8. The van der Waals surface area contributed by atoms with Gasteiger partial charge in [0.2, 0.25) is 10.0 Å². The third-order valence-electron chi connectivity index (χ3n) is 3.77. The Balaban J connectivity index is 1.80. The van der Waals surface area contributed by atoms with Gasteiger partial charge in [-0.1, -0.05) is 6.07 Å². The van der Waals surface area contributed by atoms with Gasteiger partial charge < -0.3 is 5.32 Å². The van der Waals surface area contributed by atoms with E-state index in [0.29, 0.717) is 35.5 Å². The van der Waals surface area contributed by atoms with Crippen LogP contribution in [0.5, 0.6) is 0 Å². The first-order valence-electron chi connectivity index (χ1n) is 7.41. The molecule has 0 spiro atoms. The van der Waals surface area contributed by atoms with Gasteiger partial charge in [-0.2, -0.15) is 5.26 Å². The van der Waals surface area contributed by atoms with Crippen LogP contribution in [-0.4, -0.2) is 26.6 Å². The van der Waals surface area contributed by atoms with E-state index in [9.17, 15) is 13.2 Å². The van der Waals surface area contributed by atoms with Gasteiger partial charge in [-0.3, -0.25) is 9.10 Å². The number of sulfonamides is 1. The van der Waals surface area contributed by atoms with Crippen LogP contribution in [0.15, 0.2) is 48.5 Å². The van der Waals surface area contributed by atoms with Crippen molar-refractivity contribution >= 4 is 27.3 Å². The quantitative estimate of drug-likeness (QED) is 0.928. The van der Waals surface area contributed by atoms with E-state index in [1.165, 1.54) is 4.31 Å². The summed E-state index contributed by atoms with van der Waals surface area (Å²) in [5, 5.41) is 11.5. The Bertz CT molecular complexity index is 915. The highest BCUT2D eigenvalue weighted by molar-refractivity contribution is 7.93. The highest BCUT2D eigenvalue weighted by atomic mass is 32.2. The van der Waals surface area contributed by atoms with Crippen molar-refractivity contribution in [3.63, 3.8) is 0 Å². The fourth-order valence-corrected chi connectivity index (χ4v) is 4.12. The Hall–Kier alpha value is -2.85. The van der Waals surface area contributed by atoms with Gasteiger partial charge >= 0.3 is 0 Å². The summed E-state index contributed by atoms with van der Waals surface area (Å²) in [6.45, 7) is 0.434. The molecule has 122 valence electrons. The molecule has 2 aromatic carbocycles. The number of hydrogen-bond donors (Lipinski definition) is 1. The second-order valence-corrected chi connectivity index (χ2v) is 7.45. The molecule has 1 fully saturated rings. The molecule has 0 radical (unpaired) electrons. The summed E-state index contributed by atoms with van der Waals surface area (Å²) in [4.78, 5) is 12.4. The number of carbonyl (C=O) groups excluding carboxylic acids is 1. The highest BCUT2D eigenvalue weighted by Crippen LogP contribution is 2.25. The average molecular weight is 341 g/mol. The van der Waals surface area contributed by atoms with Gasteiger partial charge in [0.05, 0.1) is 23.1 Å². The van der Waals surface area contributed by atoms with E-state index >= 15 is 0 Å². The molecule has 2 aromatic rings. The molecule has 24 heavy (non-hydrogen) atoms. The van der Waals surface area contributed by atoms with Crippen LogP contribution < -0.4 is 9.62 Å². The van der Waals surface area contributed by atoms with Crippen molar-refractivity contribution in [2.75, 3.05) is 21.9 Å². The molecule has 0 aromatic heterocycles. The molecular formula is C17H15N3O3S. The van der Waals surface area contributed by atoms with Gasteiger partial charge in [-0.25, -0.2) is 8.42 Å². The minimum Gasteiger partial charge on any atom is -0.322 e. The van der Waals surface area contributed by atoms with E-state index in [0.717, 1.165) is 0 Å². The van der Waals surface area contributed by atoms with Crippen LogP contribution in [0.2, 0.25) is 0 Å². The number of hydrogen-bond acceptors (Lipinski definition) is 4. The zero-order chi connectivity index (χ0) is 17.2. The number of nitrogens with zero attached hydrogens (tertiary/aromatic N) is 2. The molecule has 1 heterocycles. The van der Waals surface area contributed by atoms with E-state index in [1.54, 1.807) is 48.5 Å². The lowest BCUT2D eigenvalue weighted by Gasteiger charge is -2.17. The lowest BCUT2D eigenvalue weighted by atomic mass is 10.1. The molecule has 1 N–H and O–H groups in total. The van der Waals surface area contributed by atoms with Gasteiger partial charge in [0.1, 0.15) is 0 Å². The van der Waals surface area contributed by atoms with Gasteiger partial charge in [0, 0.05) is 17.8 Å². The molecule has 0 atom stereocenters. The van der Waals surface area contributed by atoms with E-state index in [2.05, 4.69) is 5.32 Å². The molecule has 6 nitrogen and oxygen atoms in total. The van der Waals surface area contributed by atoms with E-state index in [-0.39, 0.29) is 11.7 Å². The van der Waals surface area contributed by atoms with Crippen LogP contribution in [0.3, 0.4) is 0 Å². The Morgan fingerprint density at radius 2 is 1.92 bits per heavy atom. The number of benzene rings is 2. The molecule has 1 aliphatic heterocycles. The fraction of sp³-hybridized carbons (Fsp3) is 0.176. The van der Waals surface area contributed by atoms with Crippen molar-refractivity contribution in [3.8, 4) is 6.07 Å². The smallest absolute Gasteiger partial charge is 0.255 e. The number of nitrogens with one attached hydrogen (secondary N) is 1. The number of nitriles is 1. The van der Waals surface area contributed by atoms with Gasteiger partial charge in [0.25, 0.3) is 5.91 Å². The van der Waals surface area contributed by atoms with Crippen molar-refractivity contribution in [1.82, 2.24) is 0 Å². The average Bonchev–Trinajstić information content (AvgIpc) is 2.95. The maximum absolute atomic E-state index is 12.4. The molecule has 0 unspecified atom stereocenters. The van der Waals surface area contributed by atoms with Crippen molar-refractivity contribution in [2.45, 2.75) is 6.42 Å². The number of carbonyl (C=O) groups is 1. The van der Waals surface area contributed by atoms with Crippen LogP contribution in [0.1, 0.15) is 22.3 Å². The first-order chi connectivity index (χ1) is 11.5. The van der Waals surface area contributed by atoms with E-state index in [4.69, 9.17) is 5.26 Å². The number of amides is 1. The van der Waals surface area contributed by atoms with E-state index in [1.807, 2.05) is 6.07 Å². The van der Waals surface area contributed by atoms with Crippen molar-refractivity contribution in [1.29, 1.82) is 5.26 Å². The standard InChI is InChI=1S/C17H15N3O3S/c18-12-13-5-7-15(8-6-13)19-17(21)14-3-1-4-16(11-14)20-9-2-10-24(20,22)23/h1,3-8,11H,2,9-10H2,(H,19,21). The van der Waals surface area contributed by atoms with Crippen LogP contribution in [0.4, 0.5) is 11.4 Å². The molecule has 3 rings (SSSR count). The van der Waals surface area contributed by atoms with Crippen molar-refractivity contribution < 1.29 is 13.2 Å².